The van der Waals surface area contributed by atoms with Gasteiger partial charge < -0.3 is 4.90 Å². The van der Waals surface area contributed by atoms with Crippen molar-refractivity contribution in [3.8, 4) is 0 Å². The van der Waals surface area contributed by atoms with Crippen LogP contribution in [0.2, 0.25) is 0 Å². The number of halogens is 1. The fourth-order valence-electron chi connectivity index (χ4n) is 3.54. The number of rotatable bonds is 4. The summed E-state index contributed by atoms with van der Waals surface area (Å²) in [5, 5.41) is 0.924. The summed E-state index contributed by atoms with van der Waals surface area (Å²) >= 11 is 0. The molecule has 0 spiro atoms. The number of benzene rings is 1. The number of hydrogen-bond donors (Lipinski definition) is 0. The summed E-state index contributed by atoms with van der Waals surface area (Å²) in [5.41, 5.74) is 1.67. The average molecular weight is 351 g/mol. The fraction of sp³-hybridized carbons (Fsp3) is 0.471. The van der Waals surface area contributed by atoms with E-state index < -0.39 is 10.0 Å². The van der Waals surface area contributed by atoms with Gasteiger partial charge >= 0.3 is 0 Å². The van der Waals surface area contributed by atoms with E-state index in [1.807, 2.05) is 13.0 Å². The Morgan fingerprint density at radius 2 is 2.00 bits per heavy atom. The van der Waals surface area contributed by atoms with Crippen molar-refractivity contribution in [2.75, 3.05) is 30.8 Å². The highest BCUT2D eigenvalue weighted by Gasteiger charge is 2.29. The van der Waals surface area contributed by atoms with Gasteiger partial charge in [-0.2, -0.15) is 4.31 Å². The second kappa shape index (κ2) is 6.64. The van der Waals surface area contributed by atoms with E-state index >= 15 is 0 Å². The van der Waals surface area contributed by atoms with Crippen molar-refractivity contribution in [1.29, 1.82) is 0 Å². The molecule has 1 aromatic heterocycles. The third-order valence-electron chi connectivity index (χ3n) is 4.63. The zero-order chi connectivity index (χ0) is 17.3. The second-order valence-electron chi connectivity index (χ2n) is 6.18. The summed E-state index contributed by atoms with van der Waals surface area (Å²) in [5.74, 6) is -0.294. The Kier molecular flexibility index (Phi) is 4.73. The number of piperidine rings is 1. The maximum absolute atomic E-state index is 13.4. The number of sulfonamides is 1. The number of nitrogens with zero attached hydrogens (tertiary/aromatic N) is 3. The maximum Gasteiger partial charge on any atom is 0.211 e. The van der Waals surface area contributed by atoms with Crippen molar-refractivity contribution < 1.29 is 12.8 Å². The van der Waals surface area contributed by atoms with Gasteiger partial charge in [0.15, 0.2) is 0 Å². The van der Waals surface area contributed by atoms with Gasteiger partial charge in [0.05, 0.1) is 11.8 Å². The highest BCUT2D eigenvalue weighted by atomic mass is 32.2. The van der Waals surface area contributed by atoms with Crippen LogP contribution in [0.4, 0.5) is 10.1 Å². The van der Waals surface area contributed by atoms with Crippen molar-refractivity contribution in [3.63, 3.8) is 0 Å². The van der Waals surface area contributed by atoms with E-state index in [9.17, 15) is 12.8 Å². The smallest absolute Gasteiger partial charge is 0.211 e. The molecule has 1 saturated heterocycles. The summed E-state index contributed by atoms with van der Waals surface area (Å²) < 4.78 is 38.8. The molecule has 0 N–H and O–H groups in total. The van der Waals surface area contributed by atoms with Crippen LogP contribution in [-0.4, -0.2) is 49.6 Å². The summed E-state index contributed by atoms with van der Waals surface area (Å²) in [7, 11) is -3.17. The minimum atomic E-state index is -3.17. The molecule has 0 radical (unpaired) electrons. The summed E-state index contributed by atoms with van der Waals surface area (Å²) in [6, 6.07) is 6.63. The van der Waals surface area contributed by atoms with E-state index in [-0.39, 0.29) is 11.9 Å². The third kappa shape index (κ3) is 3.37. The standard InChI is InChI=1S/C17H22FN3O2S/c1-3-21(24(2,22)23)14-7-10-20(11-8-14)17-6-9-19-16-12-13(18)4-5-15(16)17/h4-6,9,12,14H,3,7-8,10-11H2,1-2H3. The van der Waals surface area contributed by atoms with Gasteiger partial charge in [0.1, 0.15) is 5.82 Å². The van der Waals surface area contributed by atoms with Gasteiger partial charge in [-0.3, -0.25) is 4.98 Å². The Bertz CT molecular complexity index is 833. The number of pyridine rings is 1. The van der Waals surface area contributed by atoms with Gasteiger partial charge in [0.25, 0.3) is 0 Å². The van der Waals surface area contributed by atoms with Crippen LogP contribution in [0.15, 0.2) is 30.5 Å². The minimum Gasteiger partial charge on any atom is -0.371 e. The maximum atomic E-state index is 13.4. The first-order chi connectivity index (χ1) is 11.4. The van der Waals surface area contributed by atoms with E-state index in [1.54, 1.807) is 16.6 Å². The molecule has 1 aliphatic rings. The summed E-state index contributed by atoms with van der Waals surface area (Å²) in [4.78, 5) is 6.46. The first-order valence-electron chi connectivity index (χ1n) is 8.16. The lowest BCUT2D eigenvalue weighted by Crippen LogP contribution is -2.47. The Balaban J connectivity index is 1.80. The van der Waals surface area contributed by atoms with E-state index in [0.717, 1.165) is 37.0 Å². The monoisotopic (exact) mass is 351 g/mol. The highest BCUT2D eigenvalue weighted by Crippen LogP contribution is 2.29. The first-order valence-corrected chi connectivity index (χ1v) is 10.0. The largest absolute Gasteiger partial charge is 0.371 e. The van der Waals surface area contributed by atoms with Crippen LogP contribution in [-0.2, 0) is 10.0 Å². The van der Waals surface area contributed by atoms with Gasteiger partial charge in [0.2, 0.25) is 10.0 Å². The van der Waals surface area contributed by atoms with E-state index in [1.165, 1.54) is 18.4 Å². The van der Waals surface area contributed by atoms with Crippen LogP contribution in [0.3, 0.4) is 0 Å². The minimum absolute atomic E-state index is 0.0480. The molecular formula is C17H22FN3O2S. The Hall–Kier alpha value is -1.73. The molecule has 0 amide bonds. The number of aromatic nitrogens is 1. The lowest BCUT2D eigenvalue weighted by Gasteiger charge is -2.38. The normalized spacial score (nSPS) is 16.9. The number of hydrogen-bond acceptors (Lipinski definition) is 4. The SMILES string of the molecule is CCN(C1CCN(c2ccnc3cc(F)ccc23)CC1)S(C)(=O)=O. The van der Waals surface area contributed by atoms with Crippen molar-refractivity contribution in [1.82, 2.24) is 9.29 Å². The average Bonchev–Trinajstić information content (AvgIpc) is 2.54. The predicted molar refractivity (Wildman–Crippen MR) is 94.2 cm³/mol. The zero-order valence-electron chi connectivity index (χ0n) is 13.9. The van der Waals surface area contributed by atoms with Crippen LogP contribution in [0.25, 0.3) is 10.9 Å². The van der Waals surface area contributed by atoms with Gasteiger partial charge in [-0.25, -0.2) is 12.8 Å². The van der Waals surface area contributed by atoms with Crippen molar-refractivity contribution >= 4 is 26.6 Å². The fourth-order valence-corrected chi connectivity index (χ4v) is 4.76. The molecule has 0 unspecified atom stereocenters. The molecule has 5 nitrogen and oxygen atoms in total. The molecule has 7 heteroatoms. The van der Waals surface area contributed by atoms with E-state index in [2.05, 4.69) is 9.88 Å². The molecule has 1 fully saturated rings. The van der Waals surface area contributed by atoms with Crippen LogP contribution in [0.5, 0.6) is 0 Å². The molecule has 0 bridgehead atoms. The molecule has 0 atom stereocenters. The molecule has 0 saturated carbocycles. The molecule has 2 heterocycles. The molecule has 2 aromatic rings. The number of fused-ring (bicyclic) bond motifs is 1. The van der Waals surface area contributed by atoms with Crippen LogP contribution >= 0.6 is 0 Å². The van der Waals surface area contributed by atoms with Gasteiger partial charge in [-0.05, 0) is 31.0 Å². The van der Waals surface area contributed by atoms with Gasteiger partial charge in [-0.1, -0.05) is 6.92 Å². The number of anilines is 1. The van der Waals surface area contributed by atoms with E-state index in [0.29, 0.717) is 12.1 Å². The Labute approximate surface area is 142 Å². The van der Waals surface area contributed by atoms with Crippen molar-refractivity contribution in [2.24, 2.45) is 0 Å². The molecule has 1 aromatic carbocycles. The molecule has 1 aliphatic heterocycles. The Morgan fingerprint density at radius 1 is 1.29 bits per heavy atom. The van der Waals surface area contributed by atoms with E-state index in [4.69, 9.17) is 0 Å². The molecule has 3 rings (SSSR count). The quantitative estimate of drug-likeness (QED) is 0.850. The van der Waals surface area contributed by atoms with Crippen molar-refractivity contribution in [2.45, 2.75) is 25.8 Å². The highest BCUT2D eigenvalue weighted by molar-refractivity contribution is 7.88. The molecular weight excluding hydrogens is 329 g/mol. The third-order valence-corrected chi connectivity index (χ3v) is 6.04. The second-order valence-corrected chi connectivity index (χ2v) is 8.11. The summed E-state index contributed by atoms with van der Waals surface area (Å²) in [6.45, 7) is 3.92. The van der Waals surface area contributed by atoms with Gasteiger partial charge in [0, 0.05) is 49.0 Å². The lowest BCUT2D eigenvalue weighted by atomic mass is 10.0. The van der Waals surface area contributed by atoms with Crippen molar-refractivity contribution in [3.05, 3.63) is 36.3 Å². The molecule has 0 aliphatic carbocycles. The zero-order valence-corrected chi connectivity index (χ0v) is 14.8. The molecule has 130 valence electrons. The topological polar surface area (TPSA) is 53.5 Å². The molecule has 24 heavy (non-hydrogen) atoms. The van der Waals surface area contributed by atoms with Crippen LogP contribution in [0, 0.1) is 5.82 Å². The predicted octanol–water partition coefficient (Wildman–Crippen LogP) is 2.62. The summed E-state index contributed by atoms with van der Waals surface area (Å²) in [6.07, 6.45) is 4.53. The lowest BCUT2D eigenvalue weighted by molar-refractivity contribution is 0.285. The van der Waals surface area contributed by atoms with Gasteiger partial charge in [-0.15, -0.1) is 0 Å². The van der Waals surface area contributed by atoms with Crippen LogP contribution in [0.1, 0.15) is 19.8 Å². The van der Waals surface area contributed by atoms with Crippen LogP contribution < -0.4 is 4.90 Å². The Morgan fingerprint density at radius 3 is 2.62 bits per heavy atom. The first kappa shape index (κ1) is 17.1.